The first-order valence-corrected chi connectivity index (χ1v) is 7.68. The van der Waals surface area contributed by atoms with Crippen LogP contribution in [0.5, 0.6) is 11.5 Å². The molecule has 0 saturated carbocycles. The molecule has 1 aromatic carbocycles. The smallest absolute Gasteiger partial charge is 0.491 e. The van der Waals surface area contributed by atoms with E-state index in [-0.39, 0.29) is 30.7 Å². The molecule has 2 aliphatic heterocycles. The summed E-state index contributed by atoms with van der Waals surface area (Å²) in [6.07, 6.45) is -4.75. The Kier molecular flexibility index (Phi) is 6.23. The SMILES string of the molecule is Cl.O=C(N1CCNCC1)N1CCOc2ccc(OC(F)(F)F)cc2C1. The van der Waals surface area contributed by atoms with E-state index in [9.17, 15) is 18.0 Å². The fraction of sp³-hybridized carbons (Fsp3) is 0.533. The molecule has 140 valence electrons. The van der Waals surface area contributed by atoms with Crippen molar-refractivity contribution < 1.29 is 27.4 Å². The largest absolute Gasteiger partial charge is 0.573 e. The third-order valence-corrected chi connectivity index (χ3v) is 3.90. The van der Waals surface area contributed by atoms with Crippen LogP contribution in [0.3, 0.4) is 0 Å². The van der Waals surface area contributed by atoms with Crippen molar-refractivity contribution >= 4 is 18.4 Å². The molecule has 6 nitrogen and oxygen atoms in total. The summed E-state index contributed by atoms with van der Waals surface area (Å²) in [5.41, 5.74) is 0.498. The van der Waals surface area contributed by atoms with E-state index < -0.39 is 6.36 Å². The summed E-state index contributed by atoms with van der Waals surface area (Å²) in [6.45, 7) is 3.55. The molecule has 0 radical (unpaired) electrons. The maximum Gasteiger partial charge on any atom is 0.573 e. The van der Waals surface area contributed by atoms with Crippen molar-refractivity contribution in [2.75, 3.05) is 39.3 Å². The van der Waals surface area contributed by atoms with E-state index in [0.29, 0.717) is 37.6 Å². The molecule has 1 saturated heterocycles. The van der Waals surface area contributed by atoms with Gasteiger partial charge in [0.25, 0.3) is 0 Å². The van der Waals surface area contributed by atoms with E-state index in [1.807, 2.05) is 0 Å². The predicted octanol–water partition coefficient (Wildman–Crippen LogP) is 2.23. The number of ether oxygens (including phenoxy) is 2. The van der Waals surface area contributed by atoms with Gasteiger partial charge in [-0.3, -0.25) is 0 Å². The number of nitrogens with zero attached hydrogens (tertiary/aromatic N) is 2. The van der Waals surface area contributed by atoms with Crippen LogP contribution in [0.4, 0.5) is 18.0 Å². The van der Waals surface area contributed by atoms with E-state index in [0.717, 1.165) is 13.1 Å². The Bertz CT molecular complexity index is 609. The van der Waals surface area contributed by atoms with Crippen molar-refractivity contribution in [2.45, 2.75) is 12.9 Å². The topological polar surface area (TPSA) is 54.0 Å². The van der Waals surface area contributed by atoms with Gasteiger partial charge >= 0.3 is 12.4 Å². The number of alkyl halides is 3. The van der Waals surface area contributed by atoms with Crippen molar-refractivity contribution in [2.24, 2.45) is 0 Å². The number of urea groups is 1. The molecule has 0 aliphatic carbocycles. The Labute approximate surface area is 149 Å². The predicted molar refractivity (Wildman–Crippen MR) is 86.1 cm³/mol. The molecule has 1 fully saturated rings. The van der Waals surface area contributed by atoms with Gasteiger partial charge in [0, 0.05) is 31.7 Å². The standard InChI is InChI=1S/C15H18F3N3O3.ClH/c16-15(17,18)24-12-1-2-13-11(9-12)10-21(7-8-23-13)14(22)20-5-3-19-4-6-20;/h1-2,9,19H,3-8,10H2;1H. The average molecular weight is 382 g/mol. The lowest BCUT2D eigenvalue weighted by Crippen LogP contribution is -2.51. The van der Waals surface area contributed by atoms with Crippen molar-refractivity contribution in [1.29, 1.82) is 0 Å². The number of hydrogen-bond acceptors (Lipinski definition) is 4. The van der Waals surface area contributed by atoms with Gasteiger partial charge in [0.2, 0.25) is 0 Å². The van der Waals surface area contributed by atoms with Gasteiger partial charge in [0.15, 0.2) is 0 Å². The minimum Gasteiger partial charge on any atom is -0.491 e. The molecule has 1 aromatic rings. The van der Waals surface area contributed by atoms with Gasteiger partial charge in [-0.05, 0) is 18.2 Å². The van der Waals surface area contributed by atoms with E-state index in [1.54, 1.807) is 9.80 Å². The van der Waals surface area contributed by atoms with Crippen LogP contribution in [0.1, 0.15) is 5.56 Å². The van der Waals surface area contributed by atoms with Crippen LogP contribution in [0.25, 0.3) is 0 Å². The lowest BCUT2D eigenvalue weighted by atomic mass is 10.2. The highest BCUT2D eigenvalue weighted by molar-refractivity contribution is 5.85. The molecule has 0 bridgehead atoms. The maximum absolute atomic E-state index is 12.6. The number of hydrogen-bond donors (Lipinski definition) is 1. The minimum atomic E-state index is -4.75. The number of benzene rings is 1. The van der Waals surface area contributed by atoms with Gasteiger partial charge in [0.1, 0.15) is 18.1 Å². The van der Waals surface area contributed by atoms with Crippen LogP contribution < -0.4 is 14.8 Å². The summed E-state index contributed by atoms with van der Waals surface area (Å²) in [5, 5.41) is 3.17. The fourth-order valence-electron chi connectivity index (χ4n) is 2.79. The van der Waals surface area contributed by atoms with Crippen LogP contribution >= 0.6 is 12.4 Å². The monoisotopic (exact) mass is 381 g/mol. The van der Waals surface area contributed by atoms with Gasteiger partial charge in [-0.15, -0.1) is 25.6 Å². The van der Waals surface area contributed by atoms with Crippen molar-refractivity contribution in [1.82, 2.24) is 15.1 Å². The molecule has 0 spiro atoms. The molecule has 3 rings (SSSR count). The molecular formula is C15H19ClF3N3O3. The molecule has 0 aromatic heterocycles. The highest BCUT2D eigenvalue weighted by Gasteiger charge is 2.32. The quantitative estimate of drug-likeness (QED) is 0.810. The molecule has 10 heteroatoms. The molecule has 0 unspecified atom stereocenters. The second-order valence-corrected chi connectivity index (χ2v) is 5.61. The Hall–Kier alpha value is -1.87. The van der Waals surface area contributed by atoms with Gasteiger partial charge in [0.05, 0.1) is 13.1 Å². The second-order valence-electron chi connectivity index (χ2n) is 5.61. The van der Waals surface area contributed by atoms with Crippen LogP contribution in [0.2, 0.25) is 0 Å². The normalized spacial score (nSPS) is 17.7. The first kappa shape index (κ1) is 19.5. The first-order valence-electron chi connectivity index (χ1n) is 7.68. The van der Waals surface area contributed by atoms with E-state index in [4.69, 9.17) is 4.74 Å². The summed E-state index contributed by atoms with van der Waals surface area (Å²) in [4.78, 5) is 15.9. The number of halogens is 4. The molecule has 25 heavy (non-hydrogen) atoms. The number of nitrogens with one attached hydrogen (secondary N) is 1. The highest BCUT2D eigenvalue weighted by atomic mass is 35.5. The third-order valence-electron chi connectivity index (χ3n) is 3.90. The number of fused-ring (bicyclic) bond motifs is 1. The van der Waals surface area contributed by atoms with Gasteiger partial charge in [-0.1, -0.05) is 0 Å². The average Bonchev–Trinajstić information content (AvgIpc) is 2.75. The molecule has 2 heterocycles. The van der Waals surface area contributed by atoms with Crippen molar-refractivity contribution in [3.63, 3.8) is 0 Å². The van der Waals surface area contributed by atoms with Crippen molar-refractivity contribution in [3.8, 4) is 11.5 Å². The van der Waals surface area contributed by atoms with E-state index >= 15 is 0 Å². The number of piperazine rings is 1. The number of carbonyl (C=O) groups is 1. The molecular weight excluding hydrogens is 363 g/mol. The van der Waals surface area contributed by atoms with Crippen molar-refractivity contribution in [3.05, 3.63) is 23.8 Å². The van der Waals surface area contributed by atoms with Gasteiger partial charge in [-0.25, -0.2) is 4.79 Å². The van der Waals surface area contributed by atoms with Crippen LogP contribution in [-0.2, 0) is 6.54 Å². The van der Waals surface area contributed by atoms with Crippen LogP contribution in [0.15, 0.2) is 18.2 Å². The Balaban J connectivity index is 0.00000225. The molecule has 1 N–H and O–H groups in total. The Morgan fingerprint density at radius 1 is 1.16 bits per heavy atom. The van der Waals surface area contributed by atoms with Crippen LogP contribution in [0, 0.1) is 0 Å². The maximum atomic E-state index is 12.6. The summed E-state index contributed by atoms with van der Waals surface area (Å²) in [7, 11) is 0. The third kappa shape index (κ3) is 5.05. The lowest BCUT2D eigenvalue weighted by Gasteiger charge is -2.32. The lowest BCUT2D eigenvalue weighted by molar-refractivity contribution is -0.274. The molecule has 0 atom stereocenters. The summed E-state index contributed by atoms with van der Waals surface area (Å²) in [5.74, 6) is 0.154. The number of amides is 2. The zero-order valence-corrected chi connectivity index (χ0v) is 14.2. The van der Waals surface area contributed by atoms with Gasteiger partial charge in [-0.2, -0.15) is 0 Å². The zero-order valence-electron chi connectivity index (χ0n) is 13.3. The van der Waals surface area contributed by atoms with E-state index in [2.05, 4.69) is 10.1 Å². The Morgan fingerprint density at radius 3 is 2.56 bits per heavy atom. The summed E-state index contributed by atoms with van der Waals surface area (Å²) >= 11 is 0. The zero-order chi connectivity index (χ0) is 17.2. The fourth-order valence-corrected chi connectivity index (χ4v) is 2.79. The minimum absolute atomic E-state index is 0. The highest BCUT2D eigenvalue weighted by Crippen LogP contribution is 2.30. The van der Waals surface area contributed by atoms with Gasteiger partial charge < -0.3 is 24.6 Å². The summed E-state index contributed by atoms with van der Waals surface area (Å²) < 4.78 is 46.6. The van der Waals surface area contributed by atoms with E-state index in [1.165, 1.54) is 18.2 Å². The first-order chi connectivity index (χ1) is 11.4. The molecule has 2 aliphatic rings. The second kappa shape index (κ2) is 8.01. The summed E-state index contributed by atoms with van der Waals surface area (Å²) in [6, 6.07) is 3.79. The number of rotatable bonds is 1. The number of carbonyl (C=O) groups excluding carboxylic acids is 1. The molecule has 2 amide bonds. The van der Waals surface area contributed by atoms with Crippen LogP contribution in [-0.4, -0.2) is 61.5 Å². The Morgan fingerprint density at radius 2 is 1.88 bits per heavy atom.